The summed E-state index contributed by atoms with van der Waals surface area (Å²) in [6.07, 6.45) is -0.922. The van der Waals surface area contributed by atoms with E-state index in [0.29, 0.717) is 32.6 Å². The lowest BCUT2D eigenvalue weighted by Crippen LogP contribution is -2.21. The van der Waals surface area contributed by atoms with Gasteiger partial charge in [-0.25, -0.2) is 0 Å². The van der Waals surface area contributed by atoms with E-state index in [-0.39, 0.29) is 12.5 Å². The summed E-state index contributed by atoms with van der Waals surface area (Å²) in [4.78, 5) is 12.4. The maximum Gasteiger partial charge on any atom is 0.262 e. The van der Waals surface area contributed by atoms with Crippen LogP contribution >= 0.6 is 23.2 Å². The molecule has 0 radical (unpaired) electrons. The molecular weight excluding hydrogens is 397 g/mol. The molecule has 0 aliphatic heterocycles. The van der Waals surface area contributed by atoms with Crippen molar-refractivity contribution in [2.45, 2.75) is 13.0 Å². The van der Waals surface area contributed by atoms with Gasteiger partial charge in [0.05, 0.1) is 0 Å². The van der Waals surface area contributed by atoms with Crippen LogP contribution in [-0.2, 0) is 4.79 Å². The van der Waals surface area contributed by atoms with Crippen LogP contribution < -0.4 is 10.1 Å². The van der Waals surface area contributed by atoms with Crippen molar-refractivity contribution < 1.29 is 14.6 Å². The first-order valence-corrected chi connectivity index (χ1v) is 9.41. The van der Waals surface area contributed by atoms with E-state index >= 15 is 0 Å². The zero-order valence-corrected chi connectivity index (χ0v) is 16.7. The number of ether oxygens (including phenoxy) is 1. The molecule has 28 heavy (non-hydrogen) atoms. The molecule has 0 unspecified atom stereocenters. The van der Waals surface area contributed by atoms with Gasteiger partial charge in [-0.1, -0.05) is 53.5 Å². The van der Waals surface area contributed by atoms with Crippen LogP contribution in [0.3, 0.4) is 0 Å². The maximum absolute atomic E-state index is 12.4. The number of hydrogen-bond donors (Lipinski definition) is 2. The molecule has 0 aromatic heterocycles. The van der Waals surface area contributed by atoms with Crippen LogP contribution in [0, 0.1) is 6.92 Å². The predicted molar refractivity (Wildman–Crippen MR) is 112 cm³/mol. The lowest BCUT2D eigenvalue weighted by Gasteiger charge is -2.17. The molecule has 144 valence electrons. The van der Waals surface area contributed by atoms with Gasteiger partial charge >= 0.3 is 0 Å². The number of aliphatic hydroxyl groups excluding tert-OH is 1. The van der Waals surface area contributed by atoms with E-state index in [1.807, 2.05) is 37.3 Å². The van der Waals surface area contributed by atoms with Gasteiger partial charge in [0.25, 0.3) is 5.91 Å². The molecule has 4 nitrogen and oxygen atoms in total. The Hall–Kier alpha value is -2.53. The Morgan fingerprint density at radius 1 is 1.04 bits per heavy atom. The summed E-state index contributed by atoms with van der Waals surface area (Å²) in [6, 6.07) is 19.3. The van der Waals surface area contributed by atoms with E-state index in [4.69, 9.17) is 27.9 Å². The Morgan fingerprint density at radius 2 is 1.71 bits per heavy atom. The summed E-state index contributed by atoms with van der Waals surface area (Å²) in [5.41, 5.74) is 2.53. The normalized spacial score (nSPS) is 11.7. The van der Waals surface area contributed by atoms with Crippen LogP contribution in [0.5, 0.6) is 5.75 Å². The Morgan fingerprint density at radius 3 is 2.43 bits per heavy atom. The lowest BCUT2D eigenvalue weighted by atomic mass is 10.00. The van der Waals surface area contributed by atoms with Crippen molar-refractivity contribution in [3.05, 3.63) is 93.5 Å². The van der Waals surface area contributed by atoms with Crippen molar-refractivity contribution >= 4 is 34.8 Å². The number of anilines is 1. The van der Waals surface area contributed by atoms with E-state index in [0.717, 1.165) is 5.56 Å². The monoisotopic (exact) mass is 415 g/mol. The standard InChI is InChI=1S/C22H19Cl2NO3/c1-14-11-16(23)8-10-20(14)28-13-21(26)25-19-9-7-17(24)12-18(19)22(27)15-5-3-2-4-6-15/h2-12,22,27H,13H2,1H3,(H,25,26)/t22-/m0/s1. The number of amides is 1. The van der Waals surface area contributed by atoms with Crippen molar-refractivity contribution in [2.24, 2.45) is 0 Å². The zero-order valence-electron chi connectivity index (χ0n) is 15.2. The SMILES string of the molecule is Cc1cc(Cl)ccc1OCC(=O)Nc1ccc(Cl)cc1[C@@H](O)c1ccccc1. The smallest absolute Gasteiger partial charge is 0.262 e. The van der Waals surface area contributed by atoms with Gasteiger partial charge in [-0.2, -0.15) is 0 Å². The van der Waals surface area contributed by atoms with Gasteiger partial charge in [-0.05, 0) is 54.4 Å². The fourth-order valence-electron chi connectivity index (χ4n) is 2.79. The molecule has 0 heterocycles. The molecular formula is C22H19Cl2NO3. The Labute approximate surface area is 173 Å². The van der Waals surface area contributed by atoms with Crippen molar-refractivity contribution in [1.29, 1.82) is 0 Å². The van der Waals surface area contributed by atoms with Crippen molar-refractivity contribution in [3.8, 4) is 5.75 Å². The largest absolute Gasteiger partial charge is 0.483 e. The molecule has 1 atom stereocenters. The molecule has 6 heteroatoms. The second kappa shape index (κ2) is 9.11. The van der Waals surface area contributed by atoms with Crippen LogP contribution in [0.25, 0.3) is 0 Å². The maximum atomic E-state index is 12.4. The minimum absolute atomic E-state index is 0.175. The average Bonchev–Trinajstić information content (AvgIpc) is 2.69. The number of carbonyl (C=O) groups excluding carboxylic acids is 1. The third-order valence-electron chi connectivity index (χ3n) is 4.19. The number of carbonyl (C=O) groups is 1. The summed E-state index contributed by atoms with van der Waals surface area (Å²) < 4.78 is 5.58. The molecule has 1 amide bonds. The number of halogens is 2. The zero-order chi connectivity index (χ0) is 20.1. The third-order valence-corrected chi connectivity index (χ3v) is 4.66. The molecule has 3 aromatic rings. The summed E-state index contributed by atoms with van der Waals surface area (Å²) in [5.74, 6) is 0.235. The number of rotatable bonds is 6. The molecule has 0 saturated carbocycles. The number of benzene rings is 3. The highest BCUT2D eigenvalue weighted by atomic mass is 35.5. The van der Waals surface area contributed by atoms with Crippen LogP contribution in [0.15, 0.2) is 66.7 Å². The highest BCUT2D eigenvalue weighted by Gasteiger charge is 2.17. The van der Waals surface area contributed by atoms with E-state index in [1.54, 1.807) is 36.4 Å². The van der Waals surface area contributed by atoms with E-state index in [9.17, 15) is 9.90 Å². The fourth-order valence-corrected chi connectivity index (χ4v) is 3.20. The topological polar surface area (TPSA) is 58.6 Å². The van der Waals surface area contributed by atoms with Gasteiger partial charge in [0.15, 0.2) is 6.61 Å². The highest BCUT2D eigenvalue weighted by Crippen LogP contribution is 2.31. The molecule has 0 spiro atoms. The molecule has 0 bridgehead atoms. The molecule has 3 aromatic carbocycles. The van der Waals surface area contributed by atoms with E-state index < -0.39 is 6.10 Å². The van der Waals surface area contributed by atoms with Gasteiger partial charge in [0, 0.05) is 21.3 Å². The first-order chi connectivity index (χ1) is 13.4. The molecule has 2 N–H and O–H groups in total. The molecule has 0 saturated heterocycles. The van der Waals surface area contributed by atoms with Crippen LogP contribution in [-0.4, -0.2) is 17.6 Å². The molecule has 0 aliphatic rings. The number of hydrogen-bond acceptors (Lipinski definition) is 3. The third kappa shape index (κ3) is 5.04. The lowest BCUT2D eigenvalue weighted by molar-refractivity contribution is -0.118. The second-order valence-electron chi connectivity index (χ2n) is 6.29. The average molecular weight is 416 g/mol. The molecule has 0 aliphatic carbocycles. The Bertz CT molecular complexity index is 977. The van der Waals surface area contributed by atoms with Crippen molar-refractivity contribution in [1.82, 2.24) is 0 Å². The van der Waals surface area contributed by atoms with Crippen molar-refractivity contribution in [3.63, 3.8) is 0 Å². The van der Waals surface area contributed by atoms with Gasteiger partial charge < -0.3 is 15.2 Å². The summed E-state index contributed by atoms with van der Waals surface area (Å²) in [6.45, 7) is 1.68. The minimum atomic E-state index is -0.922. The van der Waals surface area contributed by atoms with Gasteiger partial charge in [-0.15, -0.1) is 0 Å². The van der Waals surface area contributed by atoms with Gasteiger partial charge in [0.2, 0.25) is 0 Å². The molecule has 0 fully saturated rings. The Balaban J connectivity index is 1.74. The van der Waals surface area contributed by atoms with Crippen LogP contribution in [0.2, 0.25) is 10.0 Å². The summed E-state index contributed by atoms with van der Waals surface area (Å²) in [7, 11) is 0. The van der Waals surface area contributed by atoms with E-state index in [1.165, 1.54) is 0 Å². The van der Waals surface area contributed by atoms with Gasteiger partial charge in [-0.3, -0.25) is 4.79 Å². The van der Waals surface area contributed by atoms with E-state index in [2.05, 4.69) is 5.32 Å². The van der Waals surface area contributed by atoms with Crippen molar-refractivity contribution in [2.75, 3.05) is 11.9 Å². The first-order valence-electron chi connectivity index (χ1n) is 8.65. The minimum Gasteiger partial charge on any atom is -0.483 e. The number of aryl methyl sites for hydroxylation is 1. The number of aliphatic hydroxyl groups is 1. The second-order valence-corrected chi connectivity index (χ2v) is 7.16. The molecule has 3 rings (SSSR count). The van der Waals surface area contributed by atoms with Crippen LogP contribution in [0.1, 0.15) is 22.8 Å². The van der Waals surface area contributed by atoms with Gasteiger partial charge in [0.1, 0.15) is 11.9 Å². The summed E-state index contributed by atoms with van der Waals surface area (Å²) >= 11 is 12.0. The quantitative estimate of drug-likeness (QED) is 0.566. The van der Waals surface area contributed by atoms with Crippen LogP contribution in [0.4, 0.5) is 5.69 Å². The highest BCUT2D eigenvalue weighted by molar-refractivity contribution is 6.31. The Kier molecular flexibility index (Phi) is 6.57. The fraction of sp³-hybridized carbons (Fsp3) is 0.136. The number of nitrogens with one attached hydrogen (secondary N) is 1. The predicted octanol–water partition coefficient (Wildman–Crippen LogP) is 5.40. The summed E-state index contributed by atoms with van der Waals surface area (Å²) in [5, 5.41) is 14.6. The first kappa shape index (κ1) is 20.2.